The summed E-state index contributed by atoms with van der Waals surface area (Å²) in [7, 11) is 1.83. The molecule has 1 N–H and O–H groups in total. The summed E-state index contributed by atoms with van der Waals surface area (Å²) in [5.41, 5.74) is 0.927. The van der Waals surface area contributed by atoms with Gasteiger partial charge in [-0.1, -0.05) is 26.0 Å². The molecule has 0 aromatic heterocycles. The van der Waals surface area contributed by atoms with E-state index in [0.717, 1.165) is 5.56 Å². The van der Waals surface area contributed by atoms with Gasteiger partial charge in [0.25, 0.3) is 0 Å². The first kappa shape index (κ1) is 18.4. The molecule has 0 bridgehead atoms. The van der Waals surface area contributed by atoms with Crippen LogP contribution in [0.15, 0.2) is 24.3 Å². The number of likely N-dealkylation sites (tertiary alicyclic amines) is 1. The van der Waals surface area contributed by atoms with Crippen LogP contribution in [0.3, 0.4) is 0 Å². The van der Waals surface area contributed by atoms with Crippen LogP contribution in [0.5, 0.6) is 0 Å². The van der Waals surface area contributed by atoms with Crippen molar-refractivity contribution >= 4 is 11.9 Å². The van der Waals surface area contributed by atoms with Crippen molar-refractivity contribution in [3.63, 3.8) is 0 Å². The Labute approximate surface area is 142 Å². The van der Waals surface area contributed by atoms with Gasteiger partial charge in [-0.2, -0.15) is 0 Å². The van der Waals surface area contributed by atoms with E-state index in [1.165, 1.54) is 12.1 Å². The van der Waals surface area contributed by atoms with E-state index >= 15 is 0 Å². The molecule has 0 aliphatic carbocycles. The summed E-state index contributed by atoms with van der Waals surface area (Å²) >= 11 is 0. The maximum atomic E-state index is 12.9. The first-order valence-corrected chi connectivity index (χ1v) is 8.21. The van der Waals surface area contributed by atoms with E-state index in [1.54, 1.807) is 17.0 Å². The third-order valence-electron chi connectivity index (χ3n) is 4.66. The fraction of sp³-hybridized carbons (Fsp3) is 0.556. The Bertz CT molecular complexity index is 588. The molecule has 0 radical (unpaired) electrons. The van der Waals surface area contributed by atoms with E-state index in [4.69, 9.17) is 0 Å². The minimum atomic E-state index is -0.830. The van der Waals surface area contributed by atoms with Gasteiger partial charge < -0.3 is 10.0 Å². The highest BCUT2D eigenvalue weighted by Crippen LogP contribution is 2.30. The molecule has 1 aromatic carbocycles. The first-order valence-electron chi connectivity index (χ1n) is 8.21. The highest BCUT2D eigenvalue weighted by molar-refractivity contribution is 5.80. The van der Waals surface area contributed by atoms with Gasteiger partial charge in [0.2, 0.25) is 5.91 Å². The highest BCUT2D eigenvalue weighted by Gasteiger charge is 2.40. The Morgan fingerprint density at radius 2 is 1.92 bits per heavy atom. The van der Waals surface area contributed by atoms with Crippen LogP contribution in [0.4, 0.5) is 4.39 Å². The topological polar surface area (TPSA) is 60.9 Å². The average molecular weight is 336 g/mol. The Balaban J connectivity index is 1.92. The minimum absolute atomic E-state index is 0.00569. The third kappa shape index (κ3) is 4.54. The monoisotopic (exact) mass is 336 g/mol. The molecule has 0 saturated carbocycles. The molecular weight excluding hydrogens is 311 g/mol. The lowest BCUT2D eigenvalue weighted by Crippen LogP contribution is -2.38. The Hall–Kier alpha value is -1.95. The number of halogens is 1. The van der Waals surface area contributed by atoms with Gasteiger partial charge in [-0.15, -0.1) is 0 Å². The highest BCUT2D eigenvalue weighted by atomic mass is 19.1. The number of hydrogen-bond donors (Lipinski definition) is 1. The number of amides is 1. The lowest BCUT2D eigenvalue weighted by atomic mass is 9.86. The lowest BCUT2D eigenvalue weighted by Gasteiger charge is -2.22. The van der Waals surface area contributed by atoms with Crippen LogP contribution < -0.4 is 0 Å². The smallest absolute Gasteiger partial charge is 0.308 e. The number of carbonyl (C=O) groups is 2. The van der Waals surface area contributed by atoms with Crippen LogP contribution in [0.25, 0.3) is 0 Å². The molecule has 2 atom stereocenters. The first-order chi connectivity index (χ1) is 11.3. The second-order valence-corrected chi connectivity index (χ2v) is 6.95. The zero-order chi connectivity index (χ0) is 17.9. The number of nitrogens with zero attached hydrogens (tertiary/aromatic N) is 2. The van der Waals surface area contributed by atoms with Gasteiger partial charge in [0.1, 0.15) is 5.82 Å². The molecular formula is C18H25FN2O3. The van der Waals surface area contributed by atoms with Crippen molar-refractivity contribution in [2.75, 3.05) is 26.7 Å². The largest absolute Gasteiger partial charge is 0.481 e. The molecule has 1 aliphatic rings. The summed E-state index contributed by atoms with van der Waals surface area (Å²) < 4.78 is 12.9. The molecule has 0 unspecified atom stereocenters. The van der Waals surface area contributed by atoms with E-state index < -0.39 is 11.9 Å². The fourth-order valence-electron chi connectivity index (χ4n) is 3.26. The number of carboxylic acid groups (broad SMARTS) is 1. The molecule has 1 aromatic rings. The average Bonchev–Trinajstić information content (AvgIpc) is 2.95. The molecule has 1 fully saturated rings. The number of hydrogen-bond acceptors (Lipinski definition) is 3. The zero-order valence-electron chi connectivity index (χ0n) is 14.4. The predicted octanol–water partition coefficient (Wildman–Crippen LogP) is 2.07. The second-order valence-electron chi connectivity index (χ2n) is 6.95. The van der Waals surface area contributed by atoms with E-state index in [1.807, 2.05) is 25.8 Å². The number of carbonyl (C=O) groups excluding carboxylic acids is 1. The molecule has 5 nitrogen and oxygen atoms in total. The van der Waals surface area contributed by atoms with Gasteiger partial charge in [0.05, 0.1) is 12.5 Å². The SMILES string of the molecule is CC(C)[C@@H]1CN(C(=O)CN(C)Cc2ccc(F)cc2)C[C@H]1C(=O)O. The molecule has 24 heavy (non-hydrogen) atoms. The van der Waals surface area contributed by atoms with Crippen molar-refractivity contribution in [2.24, 2.45) is 17.8 Å². The molecule has 6 heteroatoms. The fourth-order valence-corrected chi connectivity index (χ4v) is 3.26. The number of likely N-dealkylation sites (N-methyl/N-ethyl adjacent to an activating group) is 1. The van der Waals surface area contributed by atoms with Crippen molar-refractivity contribution in [1.82, 2.24) is 9.80 Å². The summed E-state index contributed by atoms with van der Waals surface area (Å²) in [6, 6.07) is 6.19. The van der Waals surface area contributed by atoms with Crippen molar-refractivity contribution in [3.05, 3.63) is 35.6 Å². The quantitative estimate of drug-likeness (QED) is 0.864. The lowest BCUT2D eigenvalue weighted by molar-refractivity contribution is -0.143. The van der Waals surface area contributed by atoms with Crippen molar-refractivity contribution in [3.8, 4) is 0 Å². The van der Waals surface area contributed by atoms with Gasteiger partial charge in [0, 0.05) is 19.6 Å². The molecule has 0 spiro atoms. The van der Waals surface area contributed by atoms with E-state index in [9.17, 15) is 19.1 Å². The van der Waals surface area contributed by atoms with Gasteiger partial charge >= 0.3 is 5.97 Å². The number of aliphatic carboxylic acids is 1. The molecule has 132 valence electrons. The summed E-state index contributed by atoms with van der Waals surface area (Å²) in [5.74, 6) is -1.45. The third-order valence-corrected chi connectivity index (χ3v) is 4.66. The molecule has 1 heterocycles. The van der Waals surface area contributed by atoms with Gasteiger partial charge in [-0.3, -0.25) is 14.5 Å². The standard InChI is InChI=1S/C18H25FN2O3/c1-12(2)15-9-21(10-16(15)18(23)24)17(22)11-20(3)8-13-4-6-14(19)7-5-13/h4-7,12,15-16H,8-11H2,1-3H3,(H,23,24)/t15-,16+/m0/s1. The zero-order valence-corrected chi connectivity index (χ0v) is 14.4. The van der Waals surface area contributed by atoms with E-state index in [-0.39, 0.29) is 36.6 Å². The Morgan fingerprint density at radius 1 is 1.29 bits per heavy atom. The second kappa shape index (κ2) is 7.75. The van der Waals surface area contributed by atoms with Crippen molar-refractivity contribution in [2.45, 2.75) is 20.4 Å². The molecule has 1 aliphatic heterocycles. The number of benzene rings is 1. The van der Waals surface area contributed by atoms with Crippen molar-refractivity contribution < 1.29 is 19.1 Å². The maximum absolute atomic E-state index is 12.9. The van der Waals surface area contributed by atoms with Crippen LogP contribution in [0, 0.1) is 23.6 Å². The van der Waals surface area contributed by atoms with E-state index in [2.05, 4.69) is 0 Å². The molecule has 1 saturated heterocycles. The van der Waals surface area contributed by atoms with Crippen LogP contribution in [0.2, 0.25) is 0 Å². The van der Waals surface area contributed by atoms with Crippen LogP contribution in [-0.2, 0) is 16.1 Å². The van der Waals surface area contributed by atoms with Crippen molar-refractivity contribution in [1.29, 1.82) is 0 Å². The minimum Gasteiger partial charge on any atom is -0.481 e. The summed E-state index contributed by atoms with van der Waals surface area (Å²) in [4.78, 5) is 27.4. The van der Waals surface area contributed by atoms with Crippen LogP contribution in [-0.4, -0.2) is 53.5 Å². The summed E-state index contributed by atoms with van der Waals surface area (Å²) in [6.07, 6.45) is 0. The van der Waals surface area contributed by atoms with E-state index in [0.29, 0.717) is 13.1 Å². The van der Waals surface area contributed by atoms with Crippen LogP contribution >= 0.6 is 0 Å². The molecule has 1 amide bonds. The van der Waals surface area contributed by atoms with Gasteiger partial charge in [-0.05, 0) is 36.6 Å². The Morgan fingerprint density at radius 3 is 2.42 bits per heavy atom. The van der Waals surface area contributed by atoms with Crippen LogP contribution in [0.1, 0.15) is 19.4 Å². The summed E-state index contributed by atoms with van der Waals surface area (Å²) in [5, 5.41) is 9.35. The summed E-state index contributed by atoms with van der Waals surface area (Å²) in [6.45, 7) is 5.52. The number of carboxylic acids is 1. The Kier molecular flexibility index (Phi) is 5.94. The maximum Gasteiger partial charge on any atom is 0.308 e. The predicted molar refractivity (Wildman–Crippen MR) is 88.8 cm³/mol. The van der Waals surface area contributed by atoms with Gasteiger partial charge in [-0.25, -0.2) is 4.39 Å². The normalized spacial score (nSPS) is 20.8. The molecule has 2 rings (SSSR count). The number of rotatable bonds is 6. The van der Waals surface area contributed by atoms with Gasteiger partial charge in [0.15, 0.2) is 0 Å².